The molecule has 1 saturated carbocycles. The molecule has 1 aromatic rings. The number of ether oxygens (including phenoxy) is 1. The summed E-state index contributed by atoms with van der Waals surface area (Å²) in [5.74, 6) is 0. The molecule has 118 valence electrons. The van der Waals surface area contributed by atoms with Crippen LogP contribution in [0.1, 0.15) is 36.8 Å². The van der Waals surface area contributed by atoms with E-state index < -0.39 is 0 Å². The number of isothiocyanates is 1. The predicted octanol–water partition coefficient (Wildman–Crippen LogP) is 5.31. The maximum absolute atomic E-state index is 5.58. The van der Waals surface area contributed by atoms with E-state index in [2.05, 4.69) is 61.9 Å². The fourth-order valence-corrected chi connectivity index (χ4v) is 6.26. The maximum Gasteiger partial charge on any atom is 0.111 e. The van der Waals surface area contributed by atoms with Crippen LogP contribution in [0.2, 0.25) is 0 Å². The van der Waals surface area contributed by atoms with Crippen molar-refractivity contribution >= 4 is 55.9 Å². The Balaban J connectivity index is 2.10. The number of halogens is 2. The Hall–Kier alpha value is 0.190. The summed E-state index contributed by atoms with van der Waals surface area (Å²) in [7, 11) is 1.82. The number of hydrogen-bond donors (Lipinski definition) is 0. The first-order valence-corrected chi connectivity index (χ1v) is 10.3. The highest BCUT2D eigenvalue weighted by atomic mass is 127. The van der Waals surface area contributed by atoms with Gasteiger partial charge in [0, 0.05) is 21.4 Å². The van der Waals surface area contributed by atoms with E-state index in [1.54, 1.807) is 0 Å². The quantitative estimate of drug-likeness (QED) is 0.247. The molecule has 0 amide bonds. The highest BCUT2D eigenvalue weighted by Crippen LogP contribution is 2.60. The van der Waals surface area contributed by atoms with Crippen molar-refractivity contribution in [3.63, 3.8) is 0 Å². The van der Waals surface area contributed by atoms with Crippen molar-refractivity contribution in [2.75, 3.05) is 11.5 Å². The number of nitrogens with zero attached hydrogens (tertiary/aromatic N) is 1. The fraction of sp³-hybridized carbons (Fsp3) is 0.588. The van der Waals surface area contributed by atoms with Crippen LogP contribution in [0, 0.1) is 5.41 Å². The average Bonchev–Trinajstić information content (AvgIpc) is 2.79. The monoisotopic (exact) mass is 491 g/mol. The van der Waals surface area contributed by atoms with Crippen molar-refractivity contribution in [1.82, 2.24) is 0 Å². The van der Waals surface area contributed by atoms with Gasteiger partial charge in [-0.2, -0.15) is 0 Å². The molecule has 5 heteroatoms. The van der Waals surface area contributed by atoms with Crippen LogP contribution in [-0.2, 0) is 16.7 Å². The molecule has 0 unspecified atom stereocenters. The Kier molecular flexibility index (Phi) is 5.10. The average molecular weight is 492 g/mol. The molecule has 1 atom stereocenters. The van der Waals surface area contributed by atoms with Crippen molar-refractivity contribution in [3.05, 3.63) is 33.8 Å². The summed E-state index contributed by atoms with van der Waals surface area (Å²) in [6, 6.07) is 6.62. The molecular formula is C17H19BrINOS. The van der Waals surface area contributed by atoms with Gasteiger partial charge in [-0.15, -0.1) is 0 Å². The normalized spacial score (nSPS) is 33.5. The van der Waals surface area contributed by atoms with Crippen molar-refractivity contribution in [2.45, 2.75) is 43.7 Å². The van der Waals surface area contributed by atoms with Crippen LogP contribution in [0.25, 0.3) is 0 Å². The minimum Gasteiger partial charge on any atom is -0.381 e. The van der Waals surface area contributed by atoms with Crippen LogP contribution >= 0.6 is 50.7 Å². The topological polar surface area (TPSA) is 21.6 Å². The summed E-state index contributed by atoms with van der Waals surface area (Å²) >= 11 is 11.1. The first kappa shape index (κ1) is 17.0. The standard InChI is InChI=1S/C17H19BrINOS/c1-21-14-4-6-16(7-5-14)9-12-2-3-13(18)8-15(12)17(16,10-19)20-11-22/h2-3,8,14H,4-7,9-10H2,1H3/t14?,16?,17-/m0/s1. The molecule has 3 rings (SSSR count). The van der Waals surface area contributed by atoms with Gasteiger partial charge in [0.15, 0.2) is 0 Å². The molecule has 0 aliphatic heterocycles. The molecular weight excluding hydrogens is 473 g/mol. The van der Waals surface area contributed by atoms with Gasteiger partial charge in [-0.1, -0.05) is 44.6 Å². The number of aliphatic imine (C=N–C) groups is 1. The number of hydrogen-bond acceptors (Lipinski definition) is 3. The molecule has 0 bridgehead atoms. The Morgan fingerprint density at radius 1 is 1.45 bits per heavy atom. The summed E-state index contributed by atoms with van der Waals surface area (Å²) in [5.41, 5.74) is 2.69. The van der Waals surface area contributed by atoms with Crippen LogP contribution < -0.4 is 0 Å². The van der Waals surface area contributed by atoms with Crippen LogP contribution in [-0.4, -0.2) is 22.8 Å². The molecule has 2 nitrogen and oxygen atoms in total. The van der Waals surface area contributed by atoms with Gasteiger partial charge in [-0.3, -0.25) is 0 Å². The number of thiocarbonyl (C=S) groups is 1. The van der Waals surface area contributed by atoms with Crippen molar-refractivity contribution in [2.24, 2.45) is 10.4 Å². The van der Waals surface area contributed by atoms with Gasteiger partial charge in [-0.25, -0.2) is 4.99 Å². The van der Waals surface area contributed by atoms with E-state index in [1.807, 2.05) is 7.11 Å². The summed E-state index contributed by atoms with van der Waals surface area (Å²) in [5, 5.41) is 2.72. The second-order valence-electron chi connectivity index (χ2n) is 6.39. The molecule has 2 aliphatic carbocycles. The van der Waals surface area contributed by atoms with Gasteiger partial charge in [0.2, 0.25) is 0 Å². The first-order chi connectivity index (χ1) is 10.6. The third-order valence-corrected chi connectivity index (χ3v) is 7.27. The van der Waals surface area contributed by atoms with E-state index in [9.17, 15) is 0 Å². The number of rotatable bonds is 3. The lowest BCUT2D eigenvalue weighted by Gasteiger charge is -2.46. The molecule has 22 heavy (non-hydrogen) atoms. The van der Waals surface area contributed by atoms with E-state index in [4.69, 9.17) is 21.9 Å². The number of methoxy groups -OCH3 is 1. The molecule has 0 saturated heterocycles. The van der Waals surface area contributed by atoms with Crippen molar-refractivity contribution in [1.29, 1.82) is 0 Å². The van der Waals surface area contributed by atoms with E-state index in [0.717, 1.165) is 41.0 Å². The van der Waals surface area contributed by atoms with Gasteiger partial charge in [0.05, 0.1) is 11.3 Å². The predicted molar refractivity (Wildman–Crippen MR) is 105 cm³/mol. The SMILES string of the molecule is COC1CCC2(CC1)Cc1ccc(Br)cc1[C@]2(CI)N=C=S. The molecule has 0 N–H and O–H groups in total. The van der Waals surface area contributed by atoms with E-state index in [1.165, 1.54) is 11.1 Å². The molecule has 1 spiro atoms. The molecule has 0 radical (unpaired) electrons. The third kappa shape index (κ3) is 2.53. The molecule has 1 fully saturated rings. The lowest BCUT2D eigenvalue weighted by Crippen LogP contribution is -2.46. The highest BCUT2D eigenvalue weighted by molar-refractivity contribution is 14.1. The minimum absolute atomic E-state index is 0.165. The number of fused-ring (bicyclic) bond motifs is 1. The Bertz CT molecular complexity index is 623. The number of alkyl halides is 1. The summed E-state index contributed by atoms with van der Waals surface area (Å²) < 4.78 is 7.63. The van der Waals surface area contributed by atoms with Crippen LogP contribution in [0.4, 0.5) is 0 Å². The summed E-state index contributed by atoms with van der Waals surface area (Å²) in [6.07, 6.45) is 5.98. The van der Waals surface area contributed by atoms with E-state index in [0.29, 0.717) is 6.10 Å². The Morgan fingerprint density at radius 2 is 2.18 bits per heavy atom. The lowest BCUT2D eigenvalue weighted by atomic mass is 9.62. The zero-order chi connectivity index (χ0) is 15.8. The van der Waals surface area contributed by atoms with Crippen molar-refractivity contribution in [3.8, 4) is 0 Å². The highest BCUT2D eigenvalue weighted by Gasteiger charge is 2.58. The summed E-state index contributed by atoms with van der Waals surface area (Å²) in [4.78, 5) is 4.78. The molecule has 0 aromatic heterocycles. The second-order valence-corrected chi connectivity index (χ2v) is 8.25. The maximum atomic E-state index is 5.58. The Morgan fingerprint density at radius 3 is 2.77 bits per heavy atom. The lowest BCUT2D eigenvalue weighted by molar-refractivity contribution is 0.00330. The van der Waals surface area contributed by atoms with Gasteiger partial charge in [0.1, 0.15) is 5.54 Å². The third-order valence-electron chi connectivity index (χ3n) is 5.58. The van der Waals surface area contributed by atoms with Gasteiger partial charge < -0.3 is 4.74 Å². The van der Waals surface area contributed by atoms with Crippen molar-refractivity contribution < 1.29 is 4.74 Å². The van der Waals surface area contributed by atoms with Crippen LogP contribution in [0.5, 0.6) is 0 Å². The first-order valence-electron chi connectivity index (χ1n) is 7.57. The van der Waals surface area contributed by atoms with E-state index in [-0.39, 0.29) is 11.0 Å². The largest absolute Gasteiger partial charge is 0.381 e. The minimum atomic E-state index is -0.229. The van der Waals surface area contributed by atoms with Crippen LogP contribution in [0.15, 0.2) is 27.7 Å². The van der Waals surface area contributed by atoms with Gasteiger partial charge in [-0.05, 0) is 67.6 Å². The zero-order valence-electron chi connectivity index (χ0n) is 12.6. The smallest absolute Gasteiger partial charge is 0.111 e. The van der Waals surface area contributed by atoms with E-state index >= 15 is 0 Å². The molecule has 1 aromatic carbocycles. The van der Waals surface area contributed by atoms with Crippen LogP contribution in [0.3, 0.4) is 0 Å². The second kappa shape index (κ2) is 6.60. The molecule has 0 heterocycles. The number of benzene rings is 1. The zero-order valence-corrected chi connectivity index (χ0v) is 17.1. The molecule has 2 aliphatic rings. The van der Waals surface area contributed by atoms with Gasteiger partial charge in [0.25, 0.3) is 0 Å². The van der Waals surface area contributed by atoms with Gasteiger partial charge >= 0.3 is 0 Å². The summed E-state index contributed by atoms with van der Waals surface area (Å²) in [6.45, 7) is 0. The Labute approximate surface area is 159 Å². The fourth-order valence-electron chi connectivity index (χ4n) is 4.35.